The van der Waals surface area contributed by atoms with Gasteiger partial charge < -0.3 is 10.1 Å². The van der Waals surface area contributed by atoms with Gasteiger partial charge in [0.25, 0.3) is 0 Å². The highest BCUT2D eigenvalue weighted by atomic mass is 19.1. The van der Waals surface area contributed by atoms with E-state index in [0.717, 1.165) is 11.3 Å². The van der Waals surface area contributed by atoms with Crippen molar-refractivity contribution < 1.29 is 13.9 Å². The first-order chi connectivity index (χ1) is 13.2. The molecule has 0 aliphatic carbocycles. The van der Waals surface area contributed by atoms with Gasteiger partial charge in [0, 0.05) is 5.69 Å². The highest BCUT2D eigenvalue weighted by Gasteiger charge is 2.15. The minimum atomic E-state index is -0.310. The van der Waals surface area contributed by atoms with E-state index in [2.05, 4.69) is 5.32 Å². The molecule has 0 radical (unpaired) electrons. The lowest BCUT2D eigenvalue weighted by molar-refractivity contribution is 0.241. The summed E-state index contributed by atoms with van der Waals surface area (Å²) in [5.74, 6) is 0.255. The normalized spacial score (nSPS) is 10.3. The van der Waals surface area contributed by atoms with E-state index < -0.39 is 0 Å². The van der Waals surface area contributed by atoms with Gasteiger partial charge >= 0.3 is 6.03 Å². The molecular formula is C22H21FN2O2. The number of hydrogen-bond donors (Lipinski definition) is 1. The Hall–Kier alpha value is -3.34. The number of para-hydroxylation sites is 1. The SMILES string of the molecule is O=C(NCCOc1ccc(F)cc1)N(Cc1ccccc1)c1ccccc1. The van der Waals surface area contributed by atoms with Crippen LogP contribution in [0.2, 0.25) is 0 Å². The second-order valence-corrected chi connectivity index (χ2v) is 5.94. The summed E-state index contributed by atoms with van der Waals surface area (Å²) in [5.41, 5.74) is 1.86. The summed E-state index contributed by atoms with van der Waals surface area (Å²) in [5, 5.41) is 2.87. The molecule has 0 atom stereocenters. The number of hydrogen-bond acceptors (Lipinski definition) is 2. The molecule has 0 bridgehead atoms. The predicted molar refractivity (Wildman–Crippen MR) is 104 cm³/mol. The number of nitrogens with one attached hydrogen (secondary N) is 1. The van der Waals surface area contributed by atoms with Crippen LogP contribution >= 0.6 is 0 Å². The molecule has 0 aliphatic rings. The van der Waals surface area contributed by atoms with Crippen LogP contribution in [-0.2, 0) is 6.54 Å². The second kappa shape index (κ2) is 9.38. The zero-order valence-corrected chi connectivity index (χ0v) is 14.8. The largest absolute Gasteiger partial charge is 0.492 e. The van der Waals surface area contributed by atoms with Gasteiger partial charge in [-0.1, -0.05) is 48.5 Å². The highest BCUT2D eigenvalue weighted by molar-refractivity contribution is 5.91. The Kier molecular flexibility index (Phi) is 6.41. The average molecular weight is 364 g/mol. The molecule has 1 N–H and O–H groups in total. The maximum atomic E-state index is 12.9. The molecule has 0 fully saturated rings. The Morgan fingerprint density at radius 2 is 1.52 bits per heavy atom. The number of ether oxygens (including phenoxy) is 1. The van der Waals surface area contributed by atoms with Crippen molar-refractivity contribution in [1.29, 1.82) is 0 Å². The molecule has 0 aliphatic heterocycles. The van der Waals surface area contributed by atoms with E-state index in [1.165, 1.54) is 12.1 Å². The number of benzene rings is 3. The van der Waals surface area contributed by atoms with Gasteiger partial charge in [0.1, 0.15) is 18.2 Å². The molecule has 4 nitrogen and oxygen atoms in total. The van der Waals surface area contributed by atoms with E-state index in [9.17, 15) is 9.18 Å². The molecule has 0 aromatic heterocycles. The second-order valence-electron chi connectivity index (χ2n) is 5.94. The molecule has 0 spiro atoms. The van der Waals surface area contributed by atoms with Gasteiger partial charge in [-0.3, -0.25) is 4.90 Å². The van der Waals surface area contributed by atoms with Crippen molar-refractivity contribution in [3.05, 3.63) is 96.3 Å². The molecular weight excluding hydrogens is 343 g/mol. The number of urea groups is 1. The number of amides is 2. The molecule has 0 saturated carbocycles. The van der Waals surface area contributed by atoms with Crippen molar-refractivity contribution in [2.45, 2.75) is 6.54 Å². The van der Waals surface area contributed by atoms with Crippen molar-refractivity contribution >= 4 is 11.7 Å². The van der Waals surface area contributed by atoms with Crippen LogP contribution in [0.3, 0.4) is 0 Å². The van der Waals surface area contributed by atoms with Gasteiger partial charge in [0.15, 0.2) is 0 Å². The number of rotatable bonds is 7. The van der Waals surface area contributed by atoms with Gasteiger partial charge in [-0.25, -0.2) is 9.18 Å². The Morgan fingerprint density at radius 3 is 2.19 bits per heavy atom. The first-order valence-electron chi connectivity index (χ1n) is 8.75. The minimum absolute atomic E-state index is 0.201. The molecule has 3 rings (SSSR count). The smallest absolute Gasteiger partial charge is 0.322 e. The highest BCUT2D eigenvalue weighted by Crippen LogP contribution is 2.17. The summed E-state index contributed by atoms with van der Waals surface area (Å²) < 4.78 is 18.4. The molecule has 27 heavy (non-hydrogen) atoms. The molecule has 3 aromatic carbocycles. The summed E-state index contributed by atoms with van der Waals surface area (Å²) in [6.45, 7) is 1.11. The fourth-order valence-electron chi connectivity index (χ4n) is 2.61. The average Bonchev–Trinajstić information content (AvgIpc) is 2.72. The number of anilines is 1. The topological polar surface area (TPSA) is 41.6 Å². The van der Waals surface area contributed by atoms with E-state index in [1.807, 2.05) is 60.7 Å². The zero-order chi connectivity index (χ0) is 18.9. The predicted octanol–water partition coefficient (Wildman–Crippen LogP) is 4.62. The lowest BCUT2D eigenvalue weighted by Crippen LogP contribution is -2.41. The van der Waals surface area contributed by atoms with E-state index in [-0.39, 0.29) is 11.8 Å². The van der Waals surface area contributed by atoms with Crippen molar-refractivity contribution in [2.75, 3.05) is 18.1 Å². The van der Waals surface area contributed by atoms with Gasteiger partial charge in [0.2, 0.25) is 0 Å². The van der Waals surface area contributed by atoms with Crippen LogP contribution in [-0.4, -0.2) is 19.2 Å². The van der Waals surface area contributed by atoms with Crippen LogP contribution in [0.1, 0.15) is 5.56 Å². The molecule has 2 amide bonds. The number of halogens is 1. The molecule has 0 saturated heterocycles. The summed E-state index contributed by atoms with van der Waals surface area (Å²) in [6.07, 6.45) is 0. The summed E-state index contributed by atoms with van der Waals surface area (Å²) in [7, 11) is 0. The number of nitrogens with zero attached hydrogens (tertiary/aromatic N) is 1. The van der Waals surface area contributed by atoms with Crippen molar-refractivity contribution in [1.82, 2.24) is 5.32 Å². The summed E-state index contributed by atoms with van der Waals surface area (Å²) in [4.78, 5) is 14.4. The van der Waals surface area contributed by atoms with Crippen molar-refractivity contribution in [3.63, 3.8) is 0 Å². The number of carbonyl (C=O) groups is 1. The standard InChI is InChI=1S/C22H21FN2O2/c23-19-11-13-21(14-12-19)27-16-15-24-22(26)25(20-9-5-2-6-10-20)17-18-7-3-1-4-8-18/h1-14H,15-17H2,(H,24,26). The van der Waals surface area contributed by atoms with Gasteiger partial charge in [-0.15, -0.1) is 0 Å². The Labute approximate surface area is 158 Å². The lowest BCUT2D eigenvalue weighted by Gasteiger charge is -2.23. The Morgan fingerprint density at radius 1 is 0.889 bits per heavy atom. The lowest BCUT2D eigenvalue weighted by atomic mass is 10.2. The van der Waals surface area contributed by atoms with Crippen LogP contribution < -0.4 is 15.0 Å². The van der Waals surface area contributed by atoms with Crippen LogP contribution in [0.15, 0.2) is 84.9 Å². The van der Waals surface area contributed by atoms with E-state index in [0.29, 0.717) is 25.4 Å². The monoisotopic (exact) mass is 364 g/mol. The quantitative estimate of drug-likeness (QED) is 0.622. The first kappa shape index (κ1) is 18.5. The zero-order valence-electron chi connectivity index (χ0n) is 14.8. The summed E-state index contributed by atoms with van der Waals surface area (Å²) >= 11 is 0. The van der Waals surface area contributed by atoms with E-state index >= 15 is 0 Å². The first-order valence-corrected chi connectivity index (χ1v) is 8.75. The molecule has 138 valence electrons. The van der Waals surface area contributed by atoms with Crippen LogP contribution in [0, 0.1) is 5.82 Å². The molecule has 5 heteroatoms. The molecule has 0 unspecified atom stereocenters. The third-order valence-corrected chi connectivity index (χ3v) is 3.96. The van der Waals surface area contributed by atoms with E-state index in [4.69, 9.17) is 4.74 Å². The van der Waals surface area contributed by atoms with Crippen LogP contribution in [0.4, 0.5) is 14.9 Å². The van der Waals surface area contributed by atoms with Gasteiger partial charge in [-0.05, 0) is 42.0 Å². The third-order valence-electron chi connectivity index (χ3n) is 3.96. The van der Waals surface area contributed by atoms with Crippen molar-refractivity contribution in [2.24, 2.45) is 0 Å². The fraction of sp³-hybridized carbons (Fsp3) is 0.136. The van der Waals surface area contributed by atoms with Crippen molar-refractivity contribution in [3.8, 4) is 5.75 Å². The third kappa shape index (κ3) is 5.57. The Balaban J connectivity index is 1.58. The minimum Gasteiger partial charge on any atom is -0.492 e. The van der Waals surface area contributed by atoms with E-state index in [1.54, 1.807) is 17.0 Å². The van der Waals surface area contributed by atoms with Gasteiger partial charge in [-0.2, -0.15) is 0 Å². The van der Waals surface area contributed by atoms with Crippen LogP contribution in [0.25, 0.3) is 0 Å². The van der Waals surface area contributed by atoms with Crippen LogP contribution in [0.5, 0.6) is 5.75 Å². The van der Waals surface area contributed by atoms with Gasteiger partial charge in [0.05, 0.1) is 13.1 Å². The maximum Gasteiger partial charge on any atom is 0.322 e. The number of carbonyl (C=O) groups excluding carboxylic acids is 1. The summed E-state index contributed by atoms with van der Waals surface area (Å²) in [6, 6.07) is 24.9. The fourth-order valence-corrected chi connectivity index (χ4v) is 2.61. The molecule has 0 heterocycles. The Bertz CT molecular complexity index is 839. The maximum absolute atomic E-state index is 12.9. The molecule has 3 aromatic rings.